The lowest BCUT2D eigenvalue weighted by Crippen LogP contribution is -1.81. The molecule has 0 aliphatic rings. The summed E-state index contributed by atoms with van der Waals surface area (Å²) in [4.78, 5) is 0. The molecule has 0 heterocycles. The normalized spacial score (nSPS) is 11.4. The van der Waals surface area contributed by atoms with Gasteiger partial charge >= 0.3 is 0 Å². The van der Waals surface area contributed by atoms with E-state index in [4.69, 9.17) is 5.11 Å². The van der Waals surface area contributed by atoms with Gasteiger partial charge in [-0.1, -0.05) is 70.8 Å². The Labute approximate surface area is 102 Å². The lowest BCUT2D eigenvalue weighted by atomic mass is 10.1. The Bertz CT molecular complexity index is 140. The molecule has 0 unspecified atom stereocenters. The lowest BCUT2D eigenvalue weighted by Gasteiger charge is -2.01. The second kappa shape index (κ2) is 14.7. The number of unbranched alkanes of at least 4 members (excludes halogenated alkanes) is 10. The smallest absolute Gasteiger partial charge is 0.0618 e. The van der Waals surface area contributed by atoms with Gasteiger partial charge < -0.3 is 5.11 Å². The summed E-state index contributed by atoms with van der Waals surface area (Å²) < 4.78 is 0. The van der Waals surface area contributed by atoms with Crippen LogP contribution in [0.25, 0.3) is 0 Å². The van der Waals surface area contributed by atoms with Gasteiger partial charge in [0.25, 0.3) is 0 Å². The Morgan fingerprint density at radius 1 is 0.812 bits per heavy atom. The van der Waals surface area contributed by atoms with Gasteiger partial charge in [0.2, 0.25) is 0 Å². The molecular formula is C15H29O. The Kier molecular flexibility index (Phi) is 14.4. The van der Waals surface area contributed by atoms with Gasteiger partial charge in [-0.15, -0.1) is 0 Å². The summed E-state index contributed by atoms with van der Waals surface area (Å²) in [6.07, 6.45) is 19.6. The third-order valence-electron chi connectivity index (χ3n) is 2.91. The van der Waals surface area contributed by atoms with Crippen LogP contribution in [-0.4, -0.2) is 11.7 Å². The quantitative estimate of drug-likeness (QED) is 0.479. The van der Waals surface area contributed by atoms with Crippen molar-refractivity contribution in [3.8, 4) is 0 Å². The molecule has 0 atom stereocenters. The molecule has 1 heteroatoms. The SMILES string of the molecule is CCCCCCCCCCCC[C]=CCO. The molecule has 0 bridgehead atoms. The van der Waals surface area contributed by atoms with Gasteiger partial charge in [-0.3, -0.25) is 0 Å². The molecule has 0 saturated heterocycles. The fourth-order valence-electron chi connectivity index (χ4n) is 1.88. The first-order chi connectivity index (χ1) is 7.91. The number of allylic oxidation sites excluding steroid dienone is 1. The van der Waals surface area contributed by atoms with E-state index in [2.05, 4.69) is 13.0 Å². The molecular weight excluding hydrogens is 196 g/mol. The zero-order valence-electron chi connectivity index (χ0n) is 11.0. The number of rotatable bonds is 12. The molecule has 0 saturated carbocycles. The number of aliphatic hydroxyl groups excluding tert-OH is 1. The van der Waals surface area contributed by atoms with Crippen molar-refractivity contribution in [3.63, 3.8) is 0 Å². The molecule has 1 radical (unpaired) electrons. The molecule has 0 aromatic heterocycles. The summed E-state index contributed by atoms with van der Waals surface area (Å²) in [5.74, 6) is 0. The number of aliphatic hydroxyl groups is 1. The summed E-state index contributed by atoms with van der Waals surface area (Å²) in [6.45, 7) is 2.40. The van der Waals surface area contributed by atoms with Crippen molar-refractivity contribution in [3.05, 3.63) is 12.2 Å². The minimum Gasteiger partial charge on any atom is -0.392 e. The Morgan fingerprint density at radius 3 is 1.81 bits per heavy atom. The maximum absolute atomic E-state index is 8.51. The third kappa shape index (κ3) is 13.7. The summed E-state index contributed by atoms with van der Waals surface area (Å²) in [6, 6.07) is 0. The van der Waals surface area contributed by atoms with Crippen LogP contribution < -0.4 is 0 Å². The van der Waals surface area contributed by atoms with Crippen LogP contribution in [-0.2, 0) is 0 Å². The molecule has 0 amide bonds. The topological polar surface area (TPSA) is 20.2 Å². The summed E-state index contributed by atoms with van der Waals surface area (Å²) in [7, 11) is 0. The average Bonchev–Trinajstić information content (AvgIpc) is 2.31. The van der Waals surface area contributed by atoms with E-state index in [0.717, 1.165) is 6.42 Å². The molecule has 0 rings (SSSR count). The van der Waals surface area contributed by atoms with Crippen molar-refractivity contribution in [1.29, 1.82) is 0 Å². The van der Waals surface area contributed by atoms with Gasteiger partial charge in [0.15, 0.2) is 0 Å². The summed E-state index contributed by atoms with van der Waals surface area (Å²) in [5, 5.41) is 8.51. The Balaban J connectivity index is 2.90. The highest BCUT2D eigenvalue weighted by molar-refractivity contribution is 4.71. The third-order valence-corrected chi connectivity index (χ3v) is 2.91. The zero-order chi connectivity index (χ0) is 11.9. The van der Waals surface area contributed by atoms with Gasteiger partial charge in [-0.05, 0) is 18.9 Å². The Hall–Kier alpha value is -0.300. The van der Waals surface area contributed by atoms with Crippen LogP contribution in [0.3, 0.4) is 0 Å². The molecule has 0 aromatic rings. The predicted molar refractivity (Wildman–Crippen MR) is 71.4 cm³/mol. The maximum Gasteiger partial charge on any atom is 0.0618 e. The first kappa shape index (κ1) is 15.7. The van der Waals surface area contributed by atoms with E-state index < -0.39 is 0 Å². The number of hydrogen-bond acceptors (Lipinski definition) is 1. The highest BCUT2D eigenvalue weighted by Gasteiger charge is 1.91. The van der Waals surface area contributed by atoms with E-state index in [9.17, 15) is 0 Å². The first-order valence-electron chi connectivity index (χ1n) is 7.07. The summed E-state index contributed by atoms with van der Waals surface area (Å²) >= 11 is 0. The fraction of sp³-hybridized carbons (Fsp3) is 0.867. The van der Waals surface area contributed by atoms with E-state index in [1.54, 1.807) is 6.08 Å². The maximum atomic E-state index is 8.51. The van der Waals surface area contributed by atoms with Crippen LogP contribution in [0.2, 0.25) is 0 Å². The first-order valence-corrected chi connectivity index (χ1v) is 7.07. The largest absolute Gasteiger partial charge is 0.392 e. The van der Waals surface area contributed by atoms with E-state index in [0.29, 0.717) is 0 Å². The van der Waals surface area contributed by atoms with E-state index in [1.807, 2.05) is 0 Å². The van der Waals surface area contributed by atoms with E-state index >= 15 is 0 Å². The van der Waals surface area contributed by atoms with E-state index in [1.165, 1.54) is 64.2 Å². The predicted octanol–water partition coefficient (Wildman–Crippen LogP) is 4.65. The van der Waals surface area contributed by atoms with Crippen LogP contribution in [0.15, 0.2) is 6.08 Å². The molecule has 0 aliphatic heterocycles. The standard InChI is InChI=1S/C15H29O/c1-2-3-4-5-6-7-8-9-10-11-12-13-14-15-16/h14,16H,2-12,15H2,1H3. The van der Waals surface area contributed by atoms with Crippen molar-refractivity contribution >= 4 is 0 Å². The summed E-state index contributed by atoms with van der Waals surface area (Å²) in [5.41, 5.74) is 0. The van der Waals surface area contributed by atoms with Crippen LogP contribution in [0.4, 0.5) is 0 Å². The molecule has 95 valence electrons. The van der Waals surface area contributed by atoms with Gasteiger partial charge in [-0.25, -0.2) is 0 Å². The van der Waals surface area contributed by atoms with Crippen LogP contribution >= 0.6 is 0 Å². The highest BCUT2D eigenvalue weighted by Crippen LogP contribution is 2.11. The monoisotopic (exact) mass is 225 g/mol. The van der Waals surface area contributed by atoms with Crippen LogP contribution in [0.5, 0.6) is 0 Å². The van der Waals surface area contributed by atoms with Crippen molar-refractivity contribution < 1.29 is 5.11 Å². The zero-order valence-corrected chi connectivity index (χ0v) is 11.0. The molecule has 0 fully saturated rings. The minimum atomic E-state index is 0.137. The molecule has 0 aliphatic carbocycles. The lowest BCUT2D eigenvalue weighted by molar-refractivity contribution is 0.342. The van der Waals surface area contributed by atoms with Gasteiger partial charge in [0.05, 0.1) is 6.61 Å². The number of hydrogen-bond donors (Lipinski definition) is 1. The van der Waals surface area contributed by atoms with Gasteiger partial charge in [0.1, 0.15) is 0 Å². The molecule has 1 nitrogen and oxygen atoms in total. The van der Waals surface area contributed by atoms with Crippen LogP contribution in [0, 0.1) is 6.08 Å². The highest BCUT2D eigenvalue weighted by atomic mass is 16.2. The minimum absolute atomic E-state index is 0.137. The van der Waals surface area contributed by atoms with Crippen molar-refractivity contribution in [2.24, 2.45) is 0 Å². The molecule has 0 spiro atoms. The molecule has 0 aromatic carbocycles. The second-order valence-electron chi connectivity index (χ2n) is 4.52. The van der Waals surface area contributed by atoms with Crippen molar-refractivity contribution in [1.82, 2.24) is 0 Å². The molecule has 1 N–H and O–H groups in total. The van der Waals surface area contributed by atoms with Crippen molar-refractivity contribution in [2.45, 2.75) is 77.6 Å². The average molecular weight is 225 g/mol. The molecule has 16 heavy (non-hydrogen) atoms. The van der Waals surface area contributed by atoms with E-state index in [-0.39, 0.29) is 6.61 Å². The fourth-order valence-corrected chi connectivity index (χ4v) is 1.88. The van der Waals surface area contributed by atoms with Crippen LogP contribution in [0.1, 0.15) is 77.6 Å². The Morgan fingerprint density at radius 2 is 1.31 bits per heavy atom. The van der Waals surface area contributed by atoms with Gasteiger partial charge in [-0.2, -0.15) is 0 Å². The van der Waals surface area contributed by atoms with Gasteiger partial charge in [0, 0.05) is 0 Å². The second-order valence-corrected chi connectivity index (χ2v) is 4.52. The van der Waals surface area contributed by atoms with Crippen molar-refractivity contribution in [2.75, 3.05) is 6.61 Å².